The molecule has 7 N–H and O–H groups in total. The molecule has 3 aromatic carbocycles. The van der Waals surface area contributed by atoms with Crippen LogP contribution in [-0.4, -0.2) is 119 Å². The number of carboxylic acids is 1. The Morgan fingerprint density at radius 3 is 2.28 bits per heavy atom. The number of carbonyl (C=O) groups excluding carboxylic acids is 5. The van der Waals surface area contributed by atoms with Gasteiger partial charge >= 0.3 is 23.8 Å². The van der Waals surface area contributed by atoms with Gasteiger partial charge in [-0.05, 0) is 83.4 Å². The predicted octanol–water partition coefficient (Wildman–Crippen LogP) is 2.25. The molecule has 4 heterocycles. The highest BCUT2D eigenvalue weighted by Gasteiger charge is 2.35. The highest BCUT2D eigenvalue weighted by atomic mass is 35.5. The summed E-state index contributed by atoms with van der Waals surface area (Å²) >= 11 is 6.16. The van der Waals surface area contributed by atoms with Gasteiger partial charge in [-0.2, -0.15) is 4.68 Å². The summed E-state index contributed by atoms with van der Waals surface area (Å²) in [5.74, 6) is -4.25. The van der Waals surface area contributed by atoms with Crippen molar-refractivity contribution in [2.75, 3.05) is 42.1 Å². The van der Waals surface area contributed by atoms with Gasteiger partial charge in [0.05, 0.1) is 17.5 Å². The second-order valence-corrected chi connectivity index (χ2v) is 14.1. The Hall–Kier alpha value is -6.86. The topological polar surface area (TPSA) is 257 Å². The fraction of sp³-hybridized carbons (Fsp3) is 0.270. The summed E-state index contributed by atoms with van der Waals surface area (Å²) in [5.41, 5.74) is 2.30. The zero-order valence-electron chi connectivity index (χ0n) is 30.0. The molecule has 57 heavy (non-hydrogen) atoms. The van der Waals surface area contributed by atoms with Crippen LogP contribution in [0.4, 0.5) is 21.9 Å². The molecular formula is C37H36ClN11O8. The number of H-pyrrole nitrogens is 1. The van der Waals surface area contributed by atoms with E-state index >= 15 is 0 Å². The number of nitrogens with zero attached hydrogens (tertiary/aromatic N) is 6. The number of β-amino-alcohol motifs (C(OH)–C–C–N with tert-alkyl or cyclic N) is 1. The van der Waals surface area contributed by atoms with E-state index < -0.39 is 35.8 Å². The lowest BCUT2D eigenvalue weighted by atomic mass is 9.94. The number of hydrogen-bond donors (Lipinski definition) is 7. The average Bonchev–Trinajstić information content (AvgIpc) is 3.88. The molecule has 0 unspecified atom stereocenters. The Morgan fingerprint density at radius 2 is 1.60 bits per heavy atom. The number of likely N-dealkylation sites (tertiary alicyclic amines) is 2. The van der Waals surface area contributed by atoms with E-state index in [4.69, 9.17) is 11.6 Å². The van der Waals surface area contributed by atoms with E-state index in [2.05, 4.69) is 41.8 Å². The van der Waals surface area contributed by atoms with E-state index in [0.717, 1.165) is 0 Å². The van der Waals surface area contributed by atoms with Gasteiger partial charge in [0.2, 0.25) is 11.8 Å². The molecule has 2 aliphatic heterocycles. The molecular weight excluding hydrogens is 762 g/mol. The molecule has 5 aromatic rings. The third-order valence-corrected chi connectivity index (χ3v) is 9.93. The number of tetrazole rings is 1. The van der Waals surface area contributed by atoms with E-state index in [0.29, 0.717) is 72.5 Å². The Balaban J connectivity index is 1.02. The molecule has 19 nitrogen and oxygen atoms in total. The van der Waals surface area contributed by atoms with Crippen LogP contribution in [0.25, 0.3) is 16.6 Å². The molecule has 6 amide bonds. The van der Waals surface area contributed by atoms with Gasteiger partial charge in [0.25, 0.3) is 0 Å². The SMILES string of the molecule is O=C(Nc1cc(Cl)ccc1-n1cnnn1)C(=O)N[C@@H](Cc1ccc(NC(=O)N2CCC(C(=O)N3CC(O)C3)CC2)cc1)C(=O)Nc1ccc2[nH]c(C(=O)O)cc2c1. The lowest BCUT2D eigenvalue weighted by Crippen LogP contribution is -2.56. The number of hydrogen-bond acceptors (Lipinski definition) is 10. The zero-order valence-corrected chi connectivity index (χ0v) is 30.8. The van der Waals surface area contributed by atoms with Crippen molar-refractivity contribution in [3.05, 3.63) is 89.3 Å². The molecule has 2 aromatic heterocycles. The van der Waals surface area contributed by atoms with Gasteiger partial charge in [-0.3, -0.25) is 19.2 Å². The third kappa shape index (κ3) is 9.00. The predicted molar refractivity (Wildman–Crippen MR) is 205 cm³/mol. The molecule has 0 radical (unpaired) electrons. The second kappa shape index (κ2) is 16.5. The Bertz CT molecular complexity index is 2340. The summed E-state index contributed by atoms with van der Waals surface area (Å²) in [6, 6.07) is 15.6. The first-order valence-electron chi connectivity index (χ1n) is 17.8. The van der Waals surface area contributed by atoms with Gasteiger partial charge < -0.3 is 46.3 Å². The quantitative estimate of drug-likeness (QED) is 0.101. The molecule has 0 bridgehead atoms. The van der Waals surface area contributed by atoms with Crippen LogP contribution in [0.1, 0.15) is 28.9 Å². The number of piperidine rings is 1. The van der Waals surface area contributed by atoms with E-state index in [1.165, 1.54) is 23.1 Å². The maximum absolute atomic E-state index is 13.8. The van der Waals surface area contributed by atoms with Crippen LogP contribution in [0.2, 0.25) is 5.02 Å². The number of aromatic amines is 1. The van der Waals surface area contributed by atoms with Crippen LogP contribution >= 0.6 is 11.6 Å². The zero-order chi connectivity index (χ0) is 40.2. The lowest BCUT2D eigenvalue weighted by molar-refractivity contribution is -0.147. The maximum atomic E-state index is 13.8. The van der Waals surface area contributed by atoms with Crippen molar-refractivity contribution in [1.29, 1.82) is 0 Å². The average molecular weight is 798 g/mol. The third-order valence-electron chi connectivity index (χ3n) is 9.70. The van der Waals surface area contributed by atoms with Crippen LogP contribution in [0, 0.1) is 5.92 Å². The van der Waals surface area contributed by atoms with Gasteiger partial charge in [0.1, 0.15) is 18.1 Å². The van der Waals surface area contributed by atoms with Crippen LogP contribution < -0.4 is 21.3 Å². The summed E-state index contributed by atoms with van der Waals surface area (Å²) in [7, 11) is 0. The molecule has 0 spiro atoms. The normalized spacial score (nSPS) is 15.1. The van der Waals surface area contributed by atoms with Crippen LogP contribution in [0.5, 0.6) is 0 Å². The standard InChI is InChI=1S/C37H36ClN11O8/c38-23-3-8-31(49-19-39-45-46-49)28(16-23)43-33(52)34(53)44-29(32(51)40-25-6-7-27-22(14-25)15-30(42-27)36(55)56)13-20-1-4-24(5-2-20)41-37(57)47-11-9-21(10-12-47)35(54)48-17-26(50)18-48/h1-8,14-16,19,21,26,29,42,50H,9-13,17-18H2,(H,40,51)(H,41,57)(H,43,52)(H,44,53)(H,55,56)/t29-/m0/s1. The number of aliphatic hydroxyl groups is 1. The molecule has 7 rings (SSSR count). The number of aromatic nitrogens is 5. The van der Waals surface area contributed by atoms with Gasteiger partial charge in [-0.15, -0.1) is 5.10 Å². The van der Waals surface area contributed by atoms with E-state index in [-0.39, 0.29) is 40.7 Å². The fourth-order valence-corrected chi connectivity index (χ4v) is 6.80. The maximum Gasteiger partial charge on any atom is 0.352 e. The molecule has 2 saturated heterocycles. The van der Waals surface area contributed by atoms with Crippen LogP contribution in [-0.2, 0) is 25.6 Å². The van der Waals surface area contributed by atoms with E-state index in [9.17, 15) is 39.0 Å². The lowest BCUT2D eigenvalue weighted by Gasteiger charge is -2.40. The number of carbonyl (C=O) groups is 6. The largest absolute Gasteiger partial charge is 0.477 e. The van der Waals surface area contributed by atoms with Gasteiger partial charge in [-0.1, -0.05) is 23.7 Å². The van der Waals surface area contributed by atoms with Crippen molar-refractivity contribution in [1.82, 2.24) is 40.3 Å². The highest BCUT2D eigenvalue weighted by Crippen LogP contribution is 2.26. The number of fused-ring (bicyclic) bond motifs is 1. The molecule has 20 heteroatoms. The molecule has 2 fully saturated rings. The summed E-state index contributed by atoms with van der Waals surface area (Å²) in [4.78, 5) is 83.5. The Kier molecular flexibility index (Phi) is 11.1. The summed E-state index contributed by atoms with van der Waals surface area (Å²) < 4.78 is 1.26. The first-order valence-corrected chi connectivity index (χ1v) is 18.2. The monoisotopic (exact) mass is 797 g/mol. The number of aliphatic hydroxyl groups excluding tert-OH is 1. The highest BCUT2D eigenvalue weighted by molar-refractivity contribution is 6.40. The van der Waals surface area contributed by atoms with Crippen LogP contribution in [0.15, 0.2) is 73.1 Å². The van der Waals surface area contributed by atoms with E-state index in [1.807, 2.05) is 0 Å². The number of rotatable bonds is 10. The molecule has 294 valence electrons. The van der Waals surface area contributed by atoms with Crippen LogP contribution in [0.3, 0.4) is 0 Å². The molecule has 0 aliphatic carbocycles. The number of amides is 6. The van der Waals surface area contributed by atoms with Crippen molar-refractivity contribution in [3.8, 4) is 5.69 Å². The van der Waals surface area contributed by atoms with Crippen molar-refractivity contribution < 1.29 is 39.0 Å². The number of aromatic carboxylic acids is 1. The summed E-state index contributed by atoms with van der Waals surface area (Å²) in [6.07, 6.45) is 1.79. The summed E-state index contributed by atoms with van der Waals surface area (Å²) in [5, 5.41) is 41.2. The van der Waals surface area contributed by atoms with Crippen molar-refractivity contribution in [2.45, 2.75) is 31.4 Å². The smallest absolute Gasteiger partial charge is 0.352 e. The Labute approximate surface area is 328 Å². The van der Waals surface area contributed by atoms with E-state index in [1.54, 1.807) is 64.4 Å². The molecule has 0 saturated carbocycles. The minimum atomic E-state index is -1.29. The number of nitrogens with one attached hydrogen (secondary N) is 5. The van der Waals surface area contributed by atoms with Crippen molar-refractivity contribution >= 4 is 75.2 Å². The number of urea groups is 1. The molecule has 2 aliphatic rings. The summed E-state index contributed by atoms with van der Waals surface area (Å²) in [6.45, 7) is 1.49. The first kappa shape index (κ1) is 38.4. The first-order chi connectivity index (χ1) is 27.4. The number of benzene rings is 3. The fourth-order valence-electron chi connectivity index (χ4n) is 6.63. The van der Waals surface area contributed by atoms with Crippen molar-refractivity contribution in [2.24, 2.45) is 5.92 Å². The Morgan fingerprint density at radius 1 is 0.860 bits per heavy atom. The minimum absolute atomic E-state index is 0.00647. The minimum Gasteiger partial charge on any atom is -0.477 e. The van der Waals surface area contributed by atoms with Gasteiger partial charge in [-0.25, -0.2) is 9.59 Å². The van der Waals surface area contributed by atoms with Gasteiger partial charge in [0, 0.05) is 65.8 Å². The second-order valence-electron chi connectivity index (χ2n) is 13.7. The van der Waals surface area contributed by atoms with Gasteiger partial charge in [0.15, 0.2) is 0 Å². The number of carboxylic acid groups (broad SMARTS) is 1. The molecule has 1 atom stereocenters. The van der Waals surface area contributed by atoms with Crippen molar-refractivity contribution in [3.63, 3.8) is 0 Å². The number of halogens is 1. The number of anilines is 3.